The summed E-state index contributed by atoms with van der Waals surface area (Å²) in [6.07, 6.45) is 5.22. The van der Waals surface area contributed by atoms with Gasteiger partial charge in [0.25, 0.3) is 0 Å². The van der Waals surface area contributed by atoms with Gasteiger partial charge in [-0.15, -0.1) is 0 Å². The van der Waals surface area contributed by atoms with Gasteiger partial charge < -0.3 is 5.32 Å². The Morgan fingerprint density at radius 1 is 1.09 bits per heavy atom. The summed E-state index contributed by atoms with van der Waals surface area (Å²) in [5.74, 6) is 0.662. The van der Waals surface area contributed by atoms with Gasteiger partial charge in [-0.2, -0.15) is 0 Å². The fourth-order valence-corrected chi connectivity index (χ4v) is 5.86. The number of anilines is 1. The maximum Gasteiger partial charge on any atom is 0.0443 e. The Bertz CT molecular complexity index is 679. The average Bonchev–Trinajstić information content (AvgIpc) is 2.63. The molecule has 1 heteroatoms. The maximum absolute atomic E-state index is 3.93. The molecule has 4 rings (SSSR count). The van der Waals surface area contributed by atoms with Crippen LogP contribution in [0.15, 0.2) is 29.8 Å². The number of hydrogen-bond acceptors (Lipinski definition) is 1. The Kier molecular flexibility index (Phi) is 2.60. The smallest absolute Gasteiger partial charge is 0.0443 e. The predicted octanol–water partition coefficient (Wildman–Crippen LogP) is 5.67. The molecule has 3 atom stereocenters. The van der Waals surface area contributed by atoms with E-state index in [9.17, 15) is 0 Å². The number of hydrogen-bond donors (Lipinski definition) is 1. The first-order valence-electron chi connectivity index (χ1n) is 8.77. The van der Waals surface area contributed by atoms with Crippen LogP contribution in [-0.4, -0.2) is 6.04 Å². The van der Waals surface area contributed by atoms with Crippen molar-refractivity contribution in [3.05, 3.63) is 41.0 Å². The molecule has 1 saturated carbocycles. The van der Waals surface area contributed by atoms with E-state index in [1.165, 1.54) is 24.1 Å². The lowest BCUT2D eigenvalue weighted by molar-refractivity contribution is 0.126. The SMILES string of the molecule is Cc1ccc2c(c1)[C@@H]1CCC(C)(C)C3=CC(C)(C)[C@@H](N2)[C@]31C. The molecule has 3 aliphatic rings. The molecule has 0 aromatic heterocycles. The predicted molar refractivity (Wildman–Crippen MR) is 94.3 cm³/mol. The zero-order valence-corrected chi connectivity index (χ0v) is 14.9. The monoisotopic (exact) mass is 295 g/mol. The highest BCUT2D eigenvalue weighted by molar-refractivity contribution is 5.63. The summed E-state index contributed by atoms with van der Waals surface area (Å²) in [6, 6.07) is 7.49. The van der Waals surface area contributed by atoms with Crippen molar-refractivity contribution in [3.63, 3.8) is 0 Å². The first kappa shape index (κ1) is 14.4. The average molecular weight is 295 g/mol. The minimum atomic E-state index is 0.215. The van der Waals surface area contributed by atoms with E-state index in [0.29, 0.717) is 17.4 Å². The summed E-state index contributed by atoms with van der Waals surface area (Å²) < 4.78 is 0. The van der Waals surface area contributed by atoms with Gasteiger partial charge in [-0.25, -0.2) is 0 Å². The zero-order valence-electron chi connectivity index (χ0n) is 14.9. The van der Waals surface area contributed by atoms with Gasteiger partial charge in [-0.3, -0.25) is 0 Å². The molecule has 0 radical (unpaired) electrons. The first-order valence-corrected chi connectivity index (χ1v) is 8.77. The molecule has 0 amide bonds. The first-order chi connectivity index (χ1) is 10.2. The largest absolute Gasteiger partial charge is 0.380 e. The summed E-state index contributed by atoms with van der Waals surface area (Å²) in [5.41, 5.74) is 6.82. The molecule has 1 N–H and O–H groups in total. The maximum atomic E-state index is 3.93. The summed E-state index contributed by atoms with van der Waals surface area (Å²) in [6.45, 7) is 14.5. The Balaban J connectivity index is 1.96. The van der Waals surface area contributed by atoms with E-state index in [1.807, 2.05) is 0 Å². The van der Waals surface area contributed by atoms with Crippen LogP contribution in [-0.2, 0) is 0 Å². The molecule has 0 spiro atoms. The fourth-order valence-electron chi connectivity index (χ4n) is 5.86. The van der Waals surface area contributed by atoms with Gasteiger partial charge in [0.05, 0.1) is 0 Å². The Hall–Kier alpha value is -1.24. The molecule has 0 unspecified atom stereocenters. The minimum Gasteiger partial charge on any atom is -0.380 e. The van der Waals surface area contributed by atoms with E-state index in [-0.39, 0.29) is 10.8 Å². The van der Waals surface area contributed by atoms with Crippen LogP contribution in [0.4, 0.5) is 5.69 Å². The lowest BCUT2D eigenvalue weighted by Gasteiger charge is -2.56. The summed E-state index contributed by atoms with van der Waals surface area (Å²) in [4.78, 5) is 0. The second-order valence-electron chi connectivity index (χ2n) is 9.31. The highest BCUT2D eigenvalue weighted by atomic mass is 15.0. The molecule has 22 heavy (non-hydrogen) atoms. The molecular weight excluding hydrogens is 266 g/mol. The van der Waals surface area contributed by atoms with Crippen LogP contribution in [0.5, 0.6) is 0 Å². The van der Waals surface area contributed by atoms with E-state index in [1.54, 1.807) is 11.1 Å². The van der Waals surface area contributed by atoms with Crippen molar-refractivity contribution in [2.75, 3.05) is 5.32 Å². The molecule has 0 bridgehead atoms. The second-order valence-corrected chi connectivity index (χ2v) is 9.31. The van der Waals surface area contributed by atoms with E-state index in [4.69, 9.17) is 0 Å². The van der Waals surface area contributed by atoms with Crippen molar-refractivity contribution in [1.29, 1.82) is 0 Å². The van der Waals surface area contributed by atoms with Gasteiger partial charge in [0.15, 0.2) is 0 Å². The summed E-state index contributed by atoms with van der Waals surface area (Å²) in [7, 11) is 0. The van der Waals surface area contributed by atoms with Crippen molar-refractivity contribution in [1.82, 2.24) is 0 Å². The van der Waals surface area contributed by atoms with Crippen LogP contribution in [0, 0.1) is 23.2 Å². The molecule has 1 nitrogen and oxygen atoms in total. The third-order valence-corrected chi connectivity index (χ3v) is 6.83. The quantitative estimate of drug-likeness (QED) is 0.608. The molecular formula is C21H29N. The van der Waals surface area contributed by atoms with Gasteiger partial charge in [-0.05, 0) is 42.7 Å². The molecule has 1 heterocycles. The van der Waals surface area contributed by atoms with Crippen molar-refractivity contribution >= 4 is 5.69 Å². The Morgan fingerprint density at radius 2 is 1.82 bits per heavy atom. The molecule has 1 aromatic carbocycles. The van der Waals surface area contributed by atoms with Crippen LogP contribution in [0.1, 0.15) is 64.5 Å². The number of fused-ring (bicyclic) bond motifs is 2. The molecule has 2 aliphatic carbocycles. The topological polar surface area (TPSA) is 12.0 Å². The normalized spacial score (nSPS) is 36.9. The summed E-state index contributed by atoms with van der Waals surface area (Å²) >= 11 is 0. The van der Waals surface area contributed by atoms with Gasteiger partial charge in [0.1, 0.15) is 0 Å². The fraction of sp³-hybridized carbons (Fsp3) is 0.619. The van der Waals surface area contributed by atoms with E-state index in [0.717, 1.165) is 0 Å². The number of benzene rings is 1. The molecule has 118 valence electrons. The number of aryl methyl sites for hydroxylation is 1. The van der Waals surface area contributed by atoms with Crippen LogP contribution in [0.3, 0.4) is 0 Å². The molecule has 1 aromatic rings. The molecule has 0 saturated heterocycles. The third kappa shape index (κ3) is 1.60. The second kappa shape index (κ2) is 3.99. The standard InChI is InChI=1S/C21H29N/c1-13-7-8-16-14(11-13)15-9-10-19(2,3)17-12-20(4,5)18(22-16)21(15,17)6/h7-8,11-12,15,18,22H,9-10H2,1-6H3/t15-,18+,21-/m0/s1. The van der Waals surface area contributed by atoms with Crippen molar-refractivity contribution in [3.8, 4) is 0 Å². The van der Waals surface area contributed by atoms with Crippen molar-refractivity contribution in [2.45, 2.75) is 66.3 Å². The highest BCUT2D eigenvalue weighted by Crippen LogP contribution is 2.68. The van der Waals surface area contributed by atoms with E-state index >= 15 is 0 Å². The Labute approximate surface area is 135 Å². The van der Waals surface area contributed by atoms with Crippen LogP contribution < -0.4 is 5.32 Å². The minimum absolute atomic E-state index is 0.215. The van der Waals surface area contributed by atoms with Crippen LogP contribution in [0.2, 0.25) is 0 Å². The van der Waals surface area contributed by atoms with Crippen LogP contribution >= 0.6 is 0 Å². The zero-order chi connectivity index (χ0) is 15.9. The number of nitrogens with one attached hydrogen (secondary N) is 1. The van der Waals surface area contributed by atoms with Crippen LogP contribution in [0.25, 0.3) is 0 Å². The Morgan fingerprint density at radius 3 is 2.55 bits per heavy atom. The molecule has 1 fully saturated rings. The molecule has 1 aliphatic heterocycles. The van der Waals surface area contributed by atoms with Crippen molar-refractivity contribution in [2.24, 2.45) is 16.2 Å². The summed E-state index contributed by atoms with van der Waals surface area (Å²) in [5, 5.41) is 3.93. The van der Waals surface area contributed by atoms with Gasteiger partial charge in [0.2, 0.25) is 0 Å². The van der Waals surface area contributed by atoms with Crippen molar-refractivity contribution < 1.29 is 0 Å². The van der Waals surface area contributed by atoms with E-state index in [2.05, 4.69) is 71.1 Å². The van der Waals surface area contributed by atoms with Gasteiger partial charge in [0, 0.05) is 22.6 Å². The number of rotatable bonds is 0. The van der Waals surface area contributed by atoms with Gasteiger partial charge in [-0.1, -0.05) is 64.0 Å². The van der Waals surface area contributed by atoms with E-state index < -0.39 is 0 Å². The third-order valence-electron chi connectivity index (χ3n) is 6.83. The highest BCUT2D eigenvalue weighted by Gasteiger charge is 2.61. The van der Waals surface area contributed by atoms with Gasteiger partial charge >= 0.3 is 0 Å². The lowest BCUT2D eigenvalue weighted by atomic mass is 9.52. The lowest BCUT2D eigenvalue weighted by Crippen LogP contribution is -2.53.